The zero-order valence-corrected chi connectivity index (χ0v) is 9.90. The quantitative estimate of drug-likeness (QED) is 0.366. The van der Waals surface area contributed by atoms with Crippen molar-refractivity contribution in [2.75, 3.05) is 39.4 Å². The van der Waals surface area contributed by atoms with E-state index in [-0.39, 0.29) is 26.2 Å². The summed E-state index contributed by atoms with van der Waals surface area (Å²) in [5.74, 6) is -1.56. The van der Waals surface area contributed by atoms with Crippen LogP contribution in [0.1, 0.15) is 0 Å². The van der Waals surface area contributed by atoms with E-state index in [0.29, 0.717) is 0 Å². The maximum Gasteiger partial charge on any atom is 0.312 e. The van der Waals surface area contributed by atoms with Crippen molar-refractivity contribution < 1.29 is 30.0 Å². The second-order valence-electron chi connectivity index (χ2n) is 4.18. The molecule has 18 heavy (non-hydrogen) atoms. The summed E-state index contributed by atoms with van der Waals surface area (Å²) in [5, 5.41) is 35.8. The second-order valence-corrected chi connectivity index (χ2v) is 4.18. The first kappa shape index (κ1) is 14.8. The molecule has 2 unspecified atom stereocenters. The first-order valence-corrected chi connectivity index (χ1v) is 5.65. The maximum atomic E-state index is 11.7. The molecular weight excluding hydrogens is 244 g/mol. The zero-order chi connectivity index (χ0) is 13.7. The number of aliphatic hydroxyl groups is 4. The number of hydrogen-bond donors (Lipinski definition) is 4. The fraction of sp³-hybridized carbons (Fsp3) is 0.800. The van der Waals surface area contributed by atoms with Gasteiger partial charge in [0.2, 0.25) is 0 Å². The van der Waals surface area contributed by atoms with Crippen LogP contribution in [0.5, 0.6) is 0 Å². The van der Waals surface area contributed by atoms with Crippen molar-refractivity contribution in [2.45, 2.75) is 12.2 Å². The van der Waals surface area contributed by atoms with E-state index in [4.69, 9.17) is 10.2 Å². The van der Waals surface area contributed by atoms with Crippen LogP contribution in [0.15, 0.2) is 0 Å². The highest BCUT2D eigenvalue weighted by atomic mass is 16.3. The van der Waals surface area contributed by atoms with Crippen LogP contribution in [0.3, 0.4) is 0 Å². The summed E-state index contributed by atoms with van der Waals surface area (Å²) in [4.78, 5) is 25.6. The number of piperazine rings is 1. The lowest BCUT2D eigenvalue weighted by molar-refractivity contribution is -0.158. The number of carbonyl (C=O) groups is 2. The molecule has 8 heteroatoms. The first-order valence-electron chi connectivity index (χ1n) is 5.65. The Morgan fingerprint density at radius 3 is 1.50 bits per heavy atom. The fourth-order valence-corrected chi connectivity index (χ4v) is 1.69. The van der Waals surface area contributed by atoms with Gasteiger partial charge in [-0.05, 0) is 0 Å². The summed E-state index contributed by atoms with van der Waals surface area (Å²) in [6, 6.07) is 0. The SMILES string of the molecule is O=C1C(=O)N(CC(O)CO)CCN1CC(O)CO. The van der Waals surface area contributed by atoms with Crippen LogP contribution in [0.4, 0.5) is 0 Å². The van der Waals surface area contributed by atoms with Crippen molar-refractivity contribution in [1.82, 2.24) is 9.80 Å². The molecular formula is C10H18N2O6. The molecule has 0 aliphatic carbocycles. The molecule has 1 aliphatic rings. The number of β-amino-alcohol motifs (C(OH)–C–C–N with tert-alkyl or cyclic N) is 2. The Kier molecular flexibility index (Phi) is 5.48. The van der Waals surface area contributed by atoms with Crippen LogP contribution >= 0.6 is 0 Å². The van der Waals surface area contributed by atoms with Crippen LogP contribution < -0.4 is 0 Å². The van der Waals surface area contributed by atoms with Crippen LogP contribution in [0, 0.1) is 0 Å². The summed E-state index contributed by atoms with van der Waals surface area (Å²) in [6.45, 7) is -0.718. The minimum Gasteiger partial charge on any atom is -0.394 e. The minimum atomic E-state index is -1.07. The van der Waals surface area contributed by atoms with E-state index in [9.17, 15) is 19.8 Å². The van der Waals surface area contributed by atoms with Gasteiger partial charge in [0, 0.05) is 26.2 Å². The third-order valence-electron chi connectivity index (χ3n) is 2.68. The van der Waals surface area contributed by atoms with Gasteiger partial charge in [0.15, 0.2) is 0 Å². The Labute approximate surface area is 104 Å². The van der Waals surface area contributed by atoms with Crippen molar-refractivity contribution >= 4 is 11.8 Å². The number of amides is 2. The third kappa shape index (κ3) is 3.64. The molecule has 1 aliphatic heterocycles. The lowest BCUT2D eigenvalue weighted by Gasteiger charge is -2.35. The van der Waals surface area contributed by atoms with Crippen LogP contribution in [-0.4, -0.2) is 93.6 Å². The van der Waals surface area contributed by atoms with E-state index in [1.807, 2.05) is 0 Å². The highest BCUT2D eigenvalue weighted by Gasteiger charge is 2.33. The number of nitrogens with zero attached hydrogens (tertiary/aromatic N) is 2. The average Bonchev–Trinajstić information content (AvgIpc) is 2.37. The van der Waals surface area contributed by atoms with Gasteiger partial charge >= 0.3 is 11.8 Å². The standard InChI is InChI=1S/C10H18N2O6/c13-5-7(15)3-11-1-2-12(4-8(16)6-14)10(18)9(11)17/h7-8,13-16H,1-6H2. The number of carbonyl (C=O) groups excluding carboxylic acids is 2. The third-order valence-corrected chi connectivity index (χ3v) is 2.68. The van der Waals surface area contributed by atoms with E-state index >= 15 is 0 Å². The molecule has 1 heterocycles. The Morgan fingerprint density at radius 2 is 1.22 bits per heavy atom. The fourth-order valence-electron chi connectivity index (χ4n) is 1.69. The molecule has 0 spiro atoms. The maximum absolute atomic E-state index is 11.7. The normalized spacial score (nSPS) is 20.2. The molecule has 2 atom stereocenters. The Hall–Kier alpha value is -1.22. The van der Waals surface area contributed by atoms with Gasteiger partial charge in [-0.2, -0.15) is 0 Å². The second kappa shape index (κ2) is 6.64. The number of rotatable bonds is 6. The lowest BCUT2D eigenvalue weighted by atomic mass is 10.2. The predicted octanol–water partition coefficient (Wildman–Crippen LogP) is -3.64. The van der Waals surface area contributed by atoms with Gasteiger partial charge in [0.25, 0.3) is 0 Å². The molecule has 1 fully saturated rings. The van der Waals surface area contributed by atoms with Gasteiger partial charge in [-0.3, -0.25) is 9.59 Å². The van der Waals surface area contributed by atoms with Gasteiger partial charge in [0.05, 0.1) is 25.4 Å². The number of aliphatic hydroxyl groups excluding tert-OH is 4. The Balaban J connectivity index is 2.55. The summed E-state index contributed by atoms with van der Waals surface area (Å²) in [6.07, 6.45) is -2.15. The van der Waals surface area contributed by atoms with Crippen molar-refractivity contribution in [1.29, 1.82) is 0 Å². The zero-order valence-electron chi connectivity index (χ0n) is 9.90. The van der Waals surface area contributed by atoms with Gasteiger partial charge in [-0.25, -0.2) is 0 Å². The molecule has 0 aromatic rings. The van der Waals surface area contributed by atoms with E-state index in [2.05, 4.69) is 0 Å². The first-order chi connectivity index (χ1) is 8.49. The molecule has 8 nitrogen and oxygen atoms in total. The smallest absolute Gasteiger partial charge is 0.312 e. The summed E-state index contributed by atoms with van der Waals surface area (Å²) < 4.78 is 0. The molecule has 1 saturated heterocycles. The van der Waals surface area contributed by atoms with E-state index in [1.165, 1.54) is 0 Å². The molecule has 0 aromatic carbocycles. The number of hydrogen-bond acceptors (Lipinski definition) is 6. The molecule has 1 rings (SSSR count). The topological polar surface area (TPSA) is 122 Å². The van der Waals surface area contributed by atoms with E-state index < -0.39 is 37.2 Å². The molecule has 0 aromatic heterocycles. The van der Waals surface area contributed by atoms with Crippen LogP contribution in [0.25, 0.3) is 0 Å². The predicted molar refractivity (Wildman–Crippen MR) is 59.3 cm³/mol. The van der Waals surface area contributed by atoms with Crippen molar-refractivity contribution in [3.05, 3.63) is 0 Å². The highest BCUT2D eigenvalue weighted by molar-refractivity contribution is 6.35. The van der Waals surface area contributed by atoms with E-state index in [0.717, 1.165) is 9.80 Å². The van der Waals surface area contributed by atoms with Gasteiger partial charge in [-0.1, -0.05) is 0 Å². The molecule has 0 bridgehead atoms. The molecule has 0 saturated carbocycles. The molecule has 104 valence electrons. The monoisotopic (exact) mass is 262 g/mol. The summed E-state index contributed by atoms with van der Waals surface area (Å²) >= 11 is 0. The van der Waals surface area contributed by atoms with Gasteiger partial charge in [-0.15, -0.1) is 0 Å². The highest BCUT2D eigenvalue weighted by Crippen LogP contribution is 2.07. The van der Waals surface area contributed by atoms with Crippen LogP contribution in [-0.2, 0) is 9.59 Å². The van der Waals surface area contributed by atoms with Gasteiger partial charge < -0.3 is 30.2 Å². The average molecular weight is 262 g/mol. The van der Waals surface area contributed by atoms with Gasteiger partial charge in [0.1, 0.15) is 0 Å². The minimum absolute atomic E-state index is 0.0997. The molecule has 0 radical (unpaired) electrons. The van der Waals surface area contributed by atoms with Crippen molar-refractivity contribution in [2.24, 2.45) is 0 Å². The summed E-state index contributed by atoms with van der Waals surface area (Å²) in [7, 11) is 0. The Bertz CT molecular complexity index is 281. The molecule has 4 N–H and O–H groups in total. The summed E-state index contributed by atoms with van der Waals surface area (Å²) in [5.41, 5.74) is 0. The largest absolute Gasteiger partial charge is 0.394 e. The van der Waals surface area contributed by atoms with Crippen molar-refractivity contribution in [3.63, 3.8) is 0 Å². The van der Waals surface area contributed by atoms with Crippen molar-refractivity contribution in [3.8, 4) is 0 Å². The van der Waals surface area contributed by atoms with E-state index in [1.54, 1.807) is 0 Å². The Morgan fingerprint density at radius 1 is 0.889 bits per heavy atom. The lowest BCUT2D eigenvalue weighted by Crippen LogP contribution is -2.57. The molecule has 2 amide bonds. The van der Waals surface area contributed by atoms with Crippen LogP contribution in [0.2, 0.25) is 0 Å².